The Hall–Kier alpha value is -1.22. The van der Waals surface area contributed by atoms with Crippen molar-refractivity contribution in [1.29, 1.82) is 0 Å². The fourth-order valence-electron chi connectivity index (χ4n) is 2.43. The molecular formula is C16H24O3. The molecule has 0 N–H and O–H groups in total. The molecule has 3 heteroatoms. The van der Waals surface area contributed by atoms with Gasteiger partial charge in [0.1, 0.15) is 11.5 Å². The van der Waals surface area contributed by atoms with E-state index >= 15 is 0 Å². The fraction of sp³-hybridized carbons (Fsp3) is 0.625. The Morgan fingerprint density at radius 3 is 2.95 bits per heavy atom. The molecule has 0 saturated heterocycles. The molecule has 0 radical (unpaired) electrons. The van der Waals surface area contributed by atoms with Gasteiger partial charge in [0.2, 0.25) is 0 Å². The van der Waals surface area contributed by atoms with Crippen molar-refractivity contribution in [2.75, 3.05) is 26.9 Å². The topological polar surface area (TPSA) is 27.7 Å². The molecule has 3 nitrogen and oxygen atoms in total. The minimum atomic E-state index is 0.704. The Balaban J connectivity index is 2.11. The van der Waals surface area contributed by atoms with Gasteiger partial charge in [-0.15, -0.1) is 0 Å². The van der Waals surface area contributed by atoms with Crippen molar-refractivity contribution in [1.82, 2.24) is 0 Å². The van der Waals surface area contributed by atoms with Gasteiger partial charge in [-0.25, -0.2) is 0 Å². The predicted octanol–water partition coefficient (Wildman–Crippen LogP) is 3.38. The lowest BCUT2D eigenvalue weighted by atomic mass is 10.0. The molecule has 0 fully saturated rings. The lowest BCUT2D eigenvalue weighted by Gasteiger charge is -2.21. The van der Waals surface area contributed by atoms with Crippen LogP contribution >= 0.6 is 0 Å². The standard InChI is InChI=1S/C16H24O3/c1-3-6-13-11-15-14(7-4-9-18-15)16(12-13)19-10-5-8-17-2/h11-12H,3-10H2,1-2H3. The molecule has 0 unspecified atom stereocenters. The number of aryl methyl sites for hydroxylation is 1. The summed E-state index contributed by atoms with van der Waals surface area (Å²) >= 11 is 0. The molecule has 19 heavy (non-hydrogen) atoms. The van der Waals surface area contributed by atoms with Gasteiger partial charge in [0.25, 0.3) is 0 Å². The zero-order valence-corrected chi connectivity index (χ0v) is 12.0. The molecule has 0 aliphatic carbocycles. The van der Waals surface area contributed by atoms with Crippen LogP contribution in [-0.4, -0.2) is 26.9 Å². The second kappa shape index (κ2) is 7.39. The van der Waals surface area contributed by atoms with Crippen molar-refractivity contribution in [3.05, 3.63) is 23.3 Å². The maximum absolute atomic E-state index is 5.93. The summed E-state index contributed by atoms with van der Waals surface area (Å²) in [5.74, 6) is 2.04. The lowest BCUT2D eigenvalue weighted by Crippen LogP contribution is -2.12. The maximum atomic E-state index is 5.93. The van der Waals surface area contributed by atoms with Crippen LogP contribution in [0, 0.1) is 0 Å². The van der Waals surface area contributed by atoms with Crippen LogP contribution < -0.4 is 9.47 Å². The third-order valence-electron chi connectivity index (χ3n) is 3.35. The monoisotopic (exact) mass is 264 g/mol. The Kier molecular flexibility index (Phi) is 5.52. The molecule has 1 aromatic carbocycles. The van der Waals surface area contributed by atoms with Gasteiger partial charge in [-0.3, -0.25) is 0 Å². The van der Waals surface area contributed by atoms with E-state index in [0.717, 1.165) is 56.8 Å². The molecule has 1 aromatic rings. The lowest BCUT2D eigenvalue weighted by molar-refractivity contribution is 0.171. The Labute approximate surface area is 115 Å². The average Bonchev–Trinajstić information content (AvgIpc) is 2.44. The first kappa shape index (κ1) is 14.2. The van der Waals surface area contributed by atoms with Crippen LogP contribution in [0.1, 0.15) is 37.3 Å². The molecule has 0 saturated carbocycles. The highest BCUT2D eigenvalue weighted by Crippen LogP contribution is 2.35. The van der Waals surface area contributed by atoms with Gasteiger partial charge in [-0.05, 0) is 37.0 Å². The number of fused-ring (bicyclic) bond motifs is 1. The largest absolute Gasteiger partial charge is 0.493 e. The highest BCUT2D eigenvalue weighted by molar-refractivity contribution is 5.49. The fourth-order valence-corrected chi connectivity index (χ4v) is 2.43. The SMILES string of the molecule is CCCc1cc(OCCCOC)c2c(c1)OCCC2. The van der Waals surface area contributed by atoms with Gasteiger partial charge in [-0.1, -0.05) is 13.3 Å². The molecule has 0 amide bonds. The third kappa shape index (κ3) is 3.87. The Morgan fingerprint density at radius 1 is 1.26 bits per heavy atom. The molecule has 1 aliphatic rings. The van der Waals surface area contributed by atoms with E-state index in [1.165, 1.54) is 11.1 Å². The van der Waals surface area contributed by atoms with Crippen LogP contribution in [0.4, 0.5) is 0 Å². The van der Waals surface area contributed by atoms with E-state index in [4.69, 9.17) is 14.2 Å². The first-order chi connectivity index (χ1) is 9.35. The maximum Gasteiger partial charge on any atom is 0.126 e. The van der Waals surface area contributed by atoms with Crippen LogP contribution in [0.3, 0.4) is 0 Å². The van der Waals surface area contributed by atoms with Crippen LogP contribution in [0.15, 0.2) is 12.1 Å². The second-order valence-corrected chi connectivity index (χ2v) is 4.97. The van der Waals surface area contributed by atoms with Gasteiger partial charge in [0.15, 0.2) is 0 Å². The number of hydrogen-bond acceptors (Lipinski definition) is 3. The zero-order valence-electron chi connectivity index (χ0n) is 12.0. The minimum absolute atomic E-state index is 0.704. The van der Waals surface area contributed by atoms with E-state index in [9.17, 15) is 0 Å². The van der Waals surface area contributed by atoms with E-state index < -0.39 is 0 Å². The molecule has 0 bridgehead atoms. The van der Waals surface area contributed by atoms with Crippen molar-refractivity contribution in [2.24, 2.45) is 0 Å². The molecule has 0 spiro atoms. The van der Waals surface area contributed by atoms with Gasteiger partial charge in [0.05, 0.1) is 13.2 Å². The molecule has 0 atom stereocenters. The van der Waals surface area contributed by atoms with Gasteiger partial charge in [-0.2, -0.15) is 0 Å². The average molecular weight is 264 g/mol. The summed E-state index contributed by atoms with van der Waals surface area (Å²) in [6.07, 6.45) is 5.27. The summed E-state index contributed by atoms with van der Waals surface area (Å²) in [4.78, 5) is 0. The normalized spacial score (nSPS) is 13.8. The number of hydrogen-bond donors (Lipinski definition) is 0. The molecule has 1 heterocycles. The summed E-state index contributed by atoms with van der Waals surface area (Å²) in [7, 11) is 1.72. The van der Waals surface area contributed by atoms with Crippen molar-refractivity contribution >= 4 is 0 Å². The van der Waals surface area contributed by atoms with Gasteiger partial charge in [0, 0.05) is 25.7 Å². The molecular weight excluding hydrogens is 240 g/mol. The summed E-state index contributed by atoms with van der Waals surface area (Å²) in [6.45, 7) is 4.47. The van der Waals surface area contributed by atoms with Crippen LogP contribution in [0.5, 0.6) is 11.5 Å². The van der Waals surface area contributed by atoms with E-state index in [2.05, 4.69) is 19.1 Å². The minimum Gasteiger partial charge on any atom is -0.493 e. The van der Waals surface area contributed by atoms with E-state index in [0.29, 0.717) is 6.61 Å². The van der Waals surface area contributed by atoms with Crippen LogP contribution in [-0.2, 0) is 17.6 Å². The van der Waals surface area contributed by atoms with Gasteiger partial charge < -0.3 is 14.2 Å². The smallest absolute Gasteiger partial charge is 0.126 e. The first-order valence-electron chi connectivity index (χ1n) is 7.25. The van der Waals surface area contributed by atoms with Crippen molar-refractivity contribution < 1.29 is 14.2 Å². The number of methoxy groups -OCH3 is 1. The number of benzene rings is 1. The van der Waals surface area contributed by atoms with Crippen LogP contribution in [0.25, 0.3) is 0 Å². The molecule has 0 aromatic heterocycles. The Morgan fingerprint density at radius 2 is 2.16 bits per heavy atom. The first-order valence-corrected chi connectivity index (χ1v) is 7.25. The highest BCUT2D eigenvalue weighted by atomic mass is 16.5. The molecule has 106 valence electrons. The number of ether oxygens (including phenoxy) is 3. The van der Waals surface area contributed by atoms with E-state index in [1.54, 1.807) is 7.11 Å². The summed E-state index contributed by atoms with van der Waals surface area (Å²) in [5, 5.41) is 0. The molecule has 1 aliphatic heterocycles. The van der Waals surface area contributed by atoms with Crippen LogP contribution in [0.2, 0.25) is 0 Å². The summed E-state index contributed by atoms with van der Waals surface area (Å²) in [5.41, 5.74) is 2.55. The molecule has 2 rings (SSSR count). The van der Waals surface area contributed by atoms with Crippen molar-refractivity contribution in [3.63, 3.8) is 0 Å². The highest BCUT2D eigenvalue weighted by Gasteiger charge is 2.17. The second-order valence-electron chi connectivity index (χ2n) is 4.97. The Bertz CT molecular complexity index is 401. The summed E-state index contributed by atoms with van der Waals surface area (Å²) in [6, 6.07) is 4.36. The third-order valence-corrected chi connectivity index (χ3v) is 3.35. The quantitative estimate of drug-likeness (QED) is 0.707. The zero-order chi connectivity index (χ0) is 13.5. The number of rotatable bonds is 7. The predicted molar refractivity (Wildman–Crippen MR) is 76.2 cm³/mol. The van der Waals surface area contributed by atoms with Crippen molar-refractivity contribution in [3.8, 4) is 11.5 Å². The van der Waals surface area contributed by atoms with E-state index in [-0.39, 0.29) is 0 Å². The van der Waals surface area contributed by atoms with E-state index in [1.807, 2.05) is 0 Å². The van der Waals surface area contributed by atoms with Gasteiger partial charge >= 0.3 is 0 Å². The summed E-state index contributed by atoms with van der Waals surface area (Å²) < 4.78 is 16.8. The van der Waals surface area contributed by atoms with Crippen molar-refractivity contribution in [2.45, 2.75) is 39.0 Å².